The fraction of sp³-hybridized carbons (Fsp3) is 0.800. The van der Waals surface area contributed by atoms with E-state index >= 15 is 0 Å². The summed E-state index contributed by atoms with van der Waals surface area (Å²) in [5.74, 6) is 0.793. The van der Waals surface area contributed by atoms with Crippen LogP contribution in [0, 0.1) is 5.92 Å². The zero-order chi connectivity index (χ0) is 10.8. The van der Waals surface area contributed by atoms with E-state index in [1.54, 1.807) is 4.68 Å². The first-order valence-electron chi connectivity index (χ1n) is 5.49. The number of halogens is 1. The van der Waals surface area contributed by atoms with Crippen molar-refractivity contribution >= 4 is 15.9 Å². The van der Waals surface area contributed by atoms with Crippen LogP contribution in [0.4, 0.5) is 0 Å². The van der Waals surface area contributed by atoms with Crippen molar-refractivity contribution in [3.63, 3.8) is 0 Å². The molecule has 1 unspecified atom stereocenters. The van der Waals surface area contributed by atoms with Crippen molar-refractivity contribution in [3.8, 4) is 0 Å². The Kier molecular flexibility index (Phi) is 3.41. The molecule has 0 radical (unpaired) electrons. The lowest BCUT2D eigenvalue weighted by molar-refractivity contribution is 0.435. The molecule has 84 valence electrons. The quantitative estimate of drug-likeness (QED) is 0.918. The van der Waals surface area contributed by atoms with Gasteiger partial charge in [0.15, 0.2) is 4.60 Å². The Morgan fingerprint density at radius 2 is 2.20 bits per heavy atom. The standard InChI is InChI=1S/C10H17BrN4/c1-15-9(10(11)13-14-15)8(12)6-7-4-2-3-5-7/h7-8H,2-6,12H2,1H3. The van der Waals surface area contributed by atoms with Gasteiger partial charge in [0.1, 0.15) is 0 Å². The van der Waals surface area contributed by atoms with Gasteiger partial charge in [0.25, 0.3) is 0 Å². The maximum absolute atomic E-state index is 6.19. The van der Waals surface area contributed by atoms with E-state index in [1.807, 2.05) is 7.05 Å². The molecule has 0 spiro atoms. The third-order valence-electron chi connectivity index (χ3n) is 3.24. The van der Waals surface area contributed by atoms with Gasteiger partial charge in [-0.05, 0) is 28.3 Å². The molecule has 1 saturated carbocycles. The molecule has 0 aliphatic heterocycles. The monoisotopic (exact) mass is 272 g/mol. The highest BCUT2D eigenvalue weighted by molar-refractivity contribution is 9.10. The average molecular weight is 273 g/mol. The van der Waals surface area contributed by atoms with E-state index in [9.17, 15) is 0 Å². The molecule has 2 N–H and O–H groups in total. The minimum atomic E-state index is 0.0578. The zero-order valence-corrected chi connectivity index (χ0v) is 10.6. The molecule has 1 aliphatic rings. The second kappa shape index (κ2) is 4.61. The molecule has 1 heterocycles. The molecule has 1 aliphatic carbocycles. The Hall–Kier alpha value is -0.420. The van der Waals surface area contributed by atoms with Crippen molar-refractivity contribution in [2.45, 2.75) is 38.1 Å². The predicted molar refractivity (Wildman–Crippen MR) is 62.2 cm³/mol. The summed E-state index contributed by atoms with van der Waals surface area (Å²) in [6, 6.07) is 0.0578. The van der Waals surface area contributed by atoms with Gasteiger partial charge < -0.3 is 5.73 Å². The molecule has 1 fully saturated rings. The molecule has 5 heteroatoms. The number of rotatable bonds is 3. The van der Waals surface area contributed by atoms with E-state index in [4.69, 9.17) is 5.73 Å². The minimum absolute atomic E-state index is 0.0578. The second-order valence-electron chi connectivity index (χ2n) is 4.38. The van der Waals surface area contributed by atoms with Gasteiger partial charge in [-0.15, -0.1) is 5.10 Å². The number of nitrogens with two attached hydrogens (primary N) is 1. The SMILES string of the molecule is Cn1nnc(Br)c1C(N)CC1CCCC1. The fourth-order valence-corrected chi connectivity index (χ4v) is 3.07. The van der Waals surface area contributed by atoms with Crippen LogP contribution in [-0.2, 0) is 7.05 Å². The number of aromatic nitrogens is 3. The van der Waals surface area contributed by atoms with Crippen LogP contribution in [0.1, 0.15) is 43.8 Å². The van der Waals surface area contributed by atoms with Gasteiger partial charge in [-0.25, -0.2) is 4.68 Å². The summed E-state index contributed by atoms with van der Waals surface area (Å²) >= 11 is 3.39. The van der Waals surface area contributed by atoms with Gasteiger partial charge in [-0.1, -0.05) is 30.9 Å². The first-order chi connectivity index (χ1) is 7.18. The largest absolute Gasteiger partial charge is 0.323 e. The Morgan fingerprint density at radius 3 is 2.73 bits per heavy atom. The van der Waals surface area contributed by atoms with Crippen molar-refractivity contribution < 1.29 is 0 Å². The van der Waals surface area contributed by atoms with Crippen LogP contribution >= 0.6 is 15.9 Å². The molecule has 4 nitrogen and oxygen atoms in total. The Morgan fingerprint density at radius 1 is 1.53 bits per heavy atom. The van der Waals surface area contributed by atoms with Crippen molar-refractivity contribution in [2.24, 2.45) is 18.7 Å². The first kappa shape index (κ1) is 11.1. The van der Waals surface area contributed by atoms with Crippen molar-refractivity contribution in [1.82, 2.24) is 15.0 Å². The molecular weight excluding hydrogens is 256 g/mol. The average Bonchev–Trinajstić information content (AvgIpc) is 2.77. The van der Waals surface area contributed by atoms with Crippen LogP contribution in [-0.4, -0.2) is 15.0 Å². The lowest BCUT2D eigenvalue weighted by Gasteiger charge is -2.16. The van der Waals surface area contributed by atoms with Gasteiger partial charge in [0, 0.05) is 13.1 Å². The molecule has 15 heavy (non-hydrogen) atoms. The lowest BCUT2D eigenvalue weighted by atomic mass is 9.97. The van der Waals surface area contributed by atoms with E-state index in [2.05, 4.69) is 26.2 Å². The van der Waals surface area contributed by atoms with Crippen LogP contribution in [0.5, 0.6) is 0 Å². The van der Waals surface area contributed by atoms with Crippen molar-refractivity contribution in [2.75, 3.05) is 0 Å². The summed E-state index contributed by atoms with van der Waals surface area (Å²) in [5.41, 5.74) is 7.21. The highest BCUT2D eigenvalue weighted by atomic mass is 79.9. The number of nitrogens with zero attached hydrogens (tertiary/aromatic N) is 3. The molecule has 0 amide bonds. The van der Waals surface area contributed by atoms with E-state index in [0.717, 1.165) is 22.6 Å². The molecule has 0 saturated heterocycles. The highest BCUT2D eigenvalue weighted by Crippen LogP contribution is 2.33. The van der Waals surface area contributed by atoms with Crippen LogP contribution in [0.3, 0.4) is 0 Å². The minimum Gasteiger partial charge on any atom is -0.323 e. The smallest absolute Gasteiger partial charge is 0.153 e. The molecule has 1 aromatic rings. The molecular formula is C10H17BrN4. The summed E-state index contributed by atoms with van der Waals surface area (Å²) < 4.78 is 2.56. The highest BCUT2D eigenvalue weighted by Gasteiger charge is 2.22. The Labute approximate surface area is 98.3 Å². The van der Waals surface area contributed by atoms with E-state index in [0.29, 0.717) is 0 Å². The number of aryl methyl sites for hydroxylation is 1. The zero-order valence-electron chi connectivity index (χ0n) is 8.99. The fourth-order valence-electron chi connectivity index (χ4n) is 2.45. The van der Waals surface area contributed by atoms with Crippen LogP contribution in [0.25, 0.3) is 0 Å². The number of hydrogen-bond donors (Lipinski definition) is 1. The van der Waals surface area contributed by atoms with E-state index in [1.165, 1.54) is 25.7 Å². The second-order valence-corrected chi connectivity index (χ2v) is 5.13. The summed E-state index contributed by atoms with van der Waals surface area (Å²) in [4.78, 5) is 0. The predicted octanol–water partition coefficient (Wildman–Crippen LogP) is 2.16. The maximum Gasteiger partial charge on any atom is 0.153 e. The molecule has 2 rings (SSSR count). The maximum atomic E-state index is 6.19. The lowest BCUT2D eigenvalue weighted by Crippen LogP contribution is -2.18. The third-order valence-corrected chi connectivity index (χ3v) is 3.80. The van der Waals surface area contributed by atoms with Crippen LogP contribution in [0.2, 0.25) is 0 Å². The normalized spacial score (nSPS) is 19.7. The van der Waals surface area contributed by atoms with Crippen molar-refractivity contribution in [3.05, 3.63) is 10.3 Å². The van der Waals surface area contributed by atoms with E-state index < -0.39 is 0 Å². The third kappa shape index (κ3) is 2.39. The summed E-state index contributed by atoms with van der Waals surface area (Å²) in [6.07, 6.45) is 6.44. The first-order valence-corrected chi connectivity index (χ1v) is 6.28. The van der Waals surface area contributed by atoms with Gasteiger partial charge in [-0.2, -0.15) is 0 Å². The van der Waals surface area contributed by atoms with Gasteiger partial charge in [0.05, 0.1) is 5.69 Å². The van der Waals surface area contributed by atoms with Crippen LogP contribution in [0.15, 0.2) is 4.60 Å². The Balaban J connectivity index is 2.03. The summed E-state index contributed by atoms with van der Waals surface area (Å²) in [6.45, 7) is 0. The molecule has 0 bridgehead atoms. The van der Waals surface area contributed by atoms with Crippen molar-refractivity contribution in [1.29, 1.82) is 0 Å². The topological polar surface area (TPSA) is 56.7 Å². The summed E-state index contributed by atoms with van der Waals surface area (Å²) in [5, 5.41) is 7.91. The van der Waals surface area contributed by atoms with E-state index in [-0.39, 0.29) is 6.04 Å². The summed E-state index contributed by atoms with van der Waals surface area (Å²) in [7, 11) is 1.89. The van der Waals surface area contributed by atoms with Gasteiger partial charge in [-0.3, -0.25) is 0 Å². The molecule has 1 aromatic heterocycles. The van der Waals surface area contributed by atoms with Crippen LogP contribution < -0.4 is 5.73 Å². The molecule has 0 aromatic carbocycles. The Bertz CT molecular complexity index is 311. The number of hydrogen-bond acceptors (Lipinski definition) is 3. The molecule has 1 atom stereocenters. The van der Waals surface area contributed by atoms with Gasteiger partial charge in [0.2, 0.25) is 0 Å². The van der Waals surface area contributed by atoms with Gasteiger partial charge >= 0.3 is 0 Å².